The van der Waals surface area contributed by atoms with Crippen LogP contribution >= 0.6 is 23.2 Å². The lowest BCUT2D eigenvalue weighted by molar-refractivity contribution is 0.264. The number of hydrogen-bond donors (Lipinski definition) is 0. The number of halogens is 2. The molecule has 0 N–H and O–H groups in total. The third-order valence-corrected chi connectivity index (χ3v) is 7.58. The molecule has 39 heavy (non-hydrogen) atoms. The summed E-state index contributed by atoms with van der Waals surface area (Å²) >= 11 is 12.9. The molecule has 0 spiro atoms. The van der Waals surface area contributed by atoms with Gasteiger partial charge in [0.2, 0.25) is 0 Å². The lowest BCUT2D eigenvalue weighted by Gasteiger charge is -2.20. The molecular weight excluding hydrogens is 525 g/mol. The van der Waals surface area contributed by atoms with E-state index in [0.29, 0.717) is 27.5 Å². The lowest BCUT2D eigenvalue weighted by Crippen LogP contribution is -2.20. The number of rotatable bonds is 4. The topological polar surface area (TPSA) is 47.9 Å². The number of aromatic nitrogens is 3. The first-order valence-electron chi connectivity index (χ1n) is 12.7. The largest absolute Gasteiger partial charge is 0.484 e. The highest BCUT2D eigenvalue weighted by Gasteiger charge is 2.39. The molecule has 5 aromatic rings. The fourth-order valence-corrected chi connectivity index (χ4v) is 5.78. The van der Waals surface area contributed by atoms with E-state index in [4.69, 9.17) is 42.9 Å². The first-order chi connectivity index (χ1) is 19.1. The van der Waals surface area contributed by atoms with Crippen LogP contribution in [-0.2, 0) is 0 Å². The van der Waals surface area contributed by atoms with Gasteiger partial charge in [-0.15, -0.1) is 0 Å². The Morgan fingerprint density at radius 3 is 1.69 bits per heavy atom. The molecule has 0 bridgehead atoms. The van der Waals surface area contributed by atoms with Crippen LogP contribution in [0.2, 0.25) is 0 Å². The molecule has 6 heteroatoms. The third-order valence-electron chi connectivity index (χ3n) is 7.02. The maximum absolute atomic E-state index is 6.50. The van der Waals surface area contributed by atoms with Gasteiger partial charge in [-0.3, -0.25) is 0 Å². The lowest BCUT2D eigenvalue weighted by atomic mass is 9.86. The third kappa shape index (κ3) is 4.42. The first-order valence-corrected chi connectivity index (χ1v) is 13.4. The molecule has 1 aromatic heterocycles. The summed E-state index contributed by atoms with van der Waals surface area (Å²) in [4.78, 5) is 14.5. The van der Waals surface area contributed by atoms with Gasteiger partial charge in [0.15, 0.2) is 17.5 Å². The van der Waals surface area contributed by atoms with Gasteiger partial charge >= 0.3 is 0 Å². The molecule has 2 unspecified atom stereocenters. The highest BCUT2D eigenvalue weighted by Crippen LogP contribution is 2.49. The van der Waals surface area contributed by atoms with Gasteiger partial charge in [-0.25, -0.2) is 15.0 Å². The van der Waals surface area contributed by atoms with Crippen molar-refractivity contribution in [2.45, 2.75) is 12.0 Å². The SMILES string of the molecule is ClC1=CC2c3c(cccc3-c3ccc(-c4nc(-c5ccccc5)nc(-c5ccccc5)n4)cc3)OC2C(Cl)=C1. The summed E-state index contributed by atoms with van der Waals surface area (Å²) in [5, 5.41) is 1.24. The van der Waals surface area contributed by atoms with Gasteiger partial charge in [-0.05, 0) is 23.3 Å². The highest BCUT2D eigenvalue weighted by atomic mass is 35.5. The van der Waals surface area contributed by atoms with Crippen LogP contribution in [0.3, 0.4) is 0 Å². The molecule has 1 aliphatic heterocycles. The molecule has 0 radical (unpaired) electrons. The molecule has 0 saturated carbocycles. The van der Waals surface area contributed by atoms with E-state index in [2.05, 4.69) is 30.3 Å². The molecule has 0 amide bonds. The average molecular weight is 546 g/mol. The Kier molecular flexibility index (Phi) is 5.99. The van der Waals surface area contributed by atoms with E-state index >= 15 is 0 Å². The van der Waals surface area contributed by atoms with E-state index < -0.39 is 0 Å². The smallest absolute Gasteiger partial charge is 0.164 e. The number of nitrogens with zero attached hydrogens (tertiary/aromatic N) is 3. The Labute approximate surface area is 236 Å². The van der Waals surface area contributed by atoms with Crippen LogP contribution in [0.1, 0.15) is 11.5 Å². The van der Waals surface area contributed by atoms with Crippen LogP contribution in [0.4, 0.5) is 0 Å². The molecule has 0 fully saturated rings. The van der Waals surface area contributed by atoms with Crippen molar-refractivity contribution in [2.75, 3.05) is 0 Å². The fourth-order valence-electron chi connectivity index (χ4n) is 5.17. The number of fused-ring (bicyclic) bond motifs is 3. The maximum atomic E-state index is 6.50. The van der Waals surface area contributed by atoms with Gasteiger partial charge < -0.3 is 4.74 Å². The van der Waals surface area contributed by atoms with E-state index in [-0.39, 0.29) is 12.0 Å². The Morgan fingerprint density at radius 1 is 0.564 bits per heavy atom. The predicted octanol–water partition coefficient (Wildman–Crippen LogP) is 8.64. The maximum Gasteiger partial charge on any atom is 0.164 e. The Morgan fingerprint density at radius 2 is 1.10 bits per heavy atom. The normalized spacial score (nSPS) is 17.5. The average Bonchev–Trinajstić information content (AvgIpc) is 3.37. The van der Waals surface area contributed by atoms with Crippen molar-refractivity contribution >= 4 is 23.2 Å². The van der Waals surface area contributed by atoms with Crippen molar-refractivity contribution in [1.29, 1.82) is 0 Å². The van der Waals surface area contributed by atoms with Crippen molar-refractivity contribution in [2.24, 2.45) is 0 Å². The van der Waals surface area contributed by atoms with Crippen molar-refractivity contribution in [3.05, 3.63) is 131 Å². The summed E-state index contributed by atoms with van der Waals surface area (Å²) in [5.41, 5.74) is 6.04. The molecule has 4 aromatic carbocycles. The predicted molar refractivity (Wildman–Crippen MR) is 157 cm³/mol. The fraction of sp³-hybridized carbons (Fsp3) is 0.0606. The van der Waals surface area contributed by atoms with Crippen LogP contribution in [0.25, 0.3) is 45.3 Å². The second-order valence-electron chi connectivity index (χ2n) is 9.48. The monoisotopic (exact) mass is 545 g/mol. The molecule has 2 atom stereocenters. The van der Waals surface area contributed by atoms with E-state index in [1.807, 2.05) is 78.9 Å². The minimum Gasteiger partial charge on any atom is -0.484 e. The Hall–Kier alpha value is -4.25. The van der Waals surface area contributed by atoms with Gasteiger partial charge in [0.25, 0.3) is 0 Å². The molecule has 7 rings (SSSR count). The van der Waals surface area contributed by atoms with Crippen LogP contribution in [0.5, 0.6) is 5.75 Å². The van der Waals surface area contributed by atoms with Crippen molar-refractivity contribution in [3.8, 4) is 51.0 Å². The van der Waals surface area contributed by atoms with Crippen molar-refractivity contribution in [1.82, 2.24) is 15.0 Å². The van der Waals surface area contributed by atoms with Crippen molar-refractivity contribution < 1.29 is 4.74 Å². The van der Waals surface area contributed by atoms with Crippen LogP contribution in [0.15, 0.2) is 125 Å². The summed E-state index contributed by atoms with van der Waals surface area (Å²) in [6.07, 6.45) is 3.53. The summed E-state index contributed by atoms with van der Waals surface area (Å²) in [6, 6.07) is 34.3. The Bertz CT molecular complexity index is 1690. The summed E-state index contributed by atoms with van der Waals surface area (Å²) in [5.74, 6) is 2.69. The molecule has 188 valence electrons. The van der Waals surface area contributed by atoms with E-state index in [9.17, 15) is 0 Å². The van der Waals surface area contributed by atoms with Crippen LogP contribution in [-0.4, -0.2) is 21.1 Å². The number of allylic oxidation sites excluding steroid dienone is 2. The molecule has 0 saturated heterocycles. The van der Waals surface area contributed by atoms with E-state index in [0.717, 1.165) is 39.1 Å². The first kappa shape index (κ1) is 23.8. The zero-order valence-electron chi connectivity index (χ0n) is 20.6. The van der Waals surface area contributed by atoms with Crippen LogP contribution in [0, 0.1) is 0 Å². The Balaban J connectivity index is 1.29. The summed E-state index contributed by atoms with van der Waals surface area (Å²) in [7, 11) is 0. The van der Waals surface area contributed by atoms with Crippen LogP contribution < -0.4 is 4.74 Å². The molecule has 1 aliphatic carbocycles. The molecule has 2 aliphatic rings. The van der Waals surface area contributed by atoms with Crippen molar-refractivity contribution in [3.63, 3.8) is 0 Å². The van der Waals surface area contributed by atoms with E-state index in [1.54, 1.807) is 6.08 Å². The minimum atomic E-state index is -0.248. The summed E-state index contributed by atoms with van der Waals surface area (Å²) in [6.45, 7) is 0. The quantitative estimate of drug-likeness (QED) is 0.226. The standard InChI is InChI=1S/C33H21Cl2N3O/c34-24-18-26-29-25(12-7-13-28(29)39-30(26)27(35)19-24)20-14-16-23(17-15-20)33-37-31(21-8-3-1-4-9-21)36-32(38-33)22-10-5-2-6-11-22/h1-19,26,30H. The molecular formula is C33H21Cl2N3O. The van der Waals surface area contributed by atoms with Gasteiger partial charge in [0.1, 0.15) is 11.9 Å². The van der Waals surface area contributed by atoms with Gasteiger partial charge in [-0.2, -0.15) is 0 Å². The molecule has 2 heterocycles. The number of ether oxygens (including phenoxy) is 1. The van der Waals surface area contributed by atoms with Gasteiger partial charge in [-0.1, -0.05) is 126 Å². The molecule has 4 nitrogen and oxygen atoms in total. The second kappa shape index (κ2) is 9.81. The zero-order valence-corrected chi connectivity index (χ0v) is 22.1. The second-order valence-corrected chi connectivity index (χ2v) is 10.4. The van der Waals surface area contributed by atoms with E-state index in [1.165, 1.54) is 0 Å². The number of hydrogen-bond acceptors (Lipinski definition) is 4. The number of benzene rings is 4. The minimum absolute atomic E-state index is 0.0359. The van der Waals surface area contributed by atoms with Gasteiger partial charge in [0.05, 0.1) is 11.0 Å². The van der Waals surface area contributed by atoms with Gasteiger partial charge in [0, 0.05) is 27.3 Å². The zero-order chi connectivity index (χ0) is 26.3. The summed E-state index contributed by atoms with van der Waals surface area (Å²) < 4.78 is 6.21. The highest BCUT2D eigenvalue weighted by molar-refractivity contribution is 6.35.